The minimum absolute atomic E-state index is 0.501. The molecular formula is C13H10Br3NO. The second-order valence-electron chi connectivity index (χ2n) is 3.73. The Morgan fingerprint density at radius 1 is 1.00 bits per heavy atom. The molecule has 2 N–H and O–H groups in total. The molecule has 0 radical (unpaired) electrons. The molecule has 0 amide bonds. The first-order valence-corrected chi connectivity index (χ1v) is 7.56. The summed E-state index contributed by atoms with van der Waals surface area (Å²) in [6.45, 7) is 0.501. The van der Waals surface area contributed by atoms with E-state index in [0.29, 0.717) is 12.3 Å². The number of ether oxygens (including phenoxy) is 1. The molecule has 0 aliphatic heterocycles. The first-order valence-electron chi connectivity index (χ1n) is 5.18. The molecule has 2 aromatic rings. The highest BCUT2D eigenvalue weighted by Crippen LogP contribution is 2.36. The van der Waals surface area contributed by atoms with Gasteiger partial charge in [0.05, 0.1) is 8.95 Å². The maximum atomic E-state index is 5.79. The van der Waals surface area contributed by atoms with Crippen molar-refractivity contribution in [3.63, 3.8) is 0 Å². The summed E-state index contributed by atoms with van der Waals surface area (Å²) >= 11 is 10.3. The second-order valence-corrected chi connectivity index (χ2v) is 6.36. The highest BCUT2D eigenvalue weighted by Gasteiger charge is 2.08. The summed E-state index contributed by atoms with van der Waals surface area (Å²) < 4.78 is 8.51. The predicted molar refractivity (Wildman–Crippen MR) is 84.7 cm³/mol. The Kier molecular flexibility index (Phi) is 4.70. The lowest BCUT2D eigenvalue weighted by atomic mass is 10.2. The Balaban J connectivity index is 2.16. The fourth-order valence-electron chi connectivity index (χ4n) is 1.50. The third-order valence-electron chi connectivity index (χ3n) is 2.29. The quantitative estimate of drug-likeness (QED) is 0.678. The van der Waals surface area contributed by atoms with E-state index in [1.165, 1.54) is 0 Å². The van der Waals surface area contributed by atoms with E-state index in [2.05, 4.69) is 47.8 Å². The van der Waals surface area contributed by atoms with E-state index in [1.54, 1.807) is 0 Å². The molecule has 0 saturated heterocycles. The van der Waals surface area contributed by atoms with Crippen molar-refractivity contribution in [2.75, 3.05) is 5.73 Å². The average Bonchev–Trinajstić information content (AvgIpc) is 2.27. The summed E-state index contributed by atoms with van der Waals surface area (Å²) in [6.07, 6.45) is 0. The Morgan fingerprint density at radius 2 is 1.67 bits per heavy atom. The van der Waals surface area contributed by atoms with Gasteiger partial charge in [0.2, 0.25) is 0 Å². The SMILES string of the molecule is Nc1cc(Br)c(OCc2cccc(Br)c2)c(Br)c1. The topological polar surface area (TPSA) is 35.2 Å². The standard InChI is InChI=1S/C13H10Br3NO/c14-9-3-1-2-8(4-9)7-18-13-11(15)5-10(17)6-12(13)16/h1-6H,7,17H2. The van der Waals surface area contributed by atoms with Gasteiger partial charge in [-0.3, -0.25) is 0 Å². The van der Waals surface area contributed by atoms with Gasteiger partial charge in [-0.05, 0) is 61.7 Å². The Hall–Kier alpha value is -0.520. The molecule has 0 aliphatic carbocycles. The number of rotatable bonds is 3. The monoisotopic (exact) mass is 433 g/mol. The second kappa shape index (κ2) is 6.08. The average molecular weight is 436 g/mol. The van der Waals surface area contributed by atoms with Gasteiger partial charge in [-0.2, -0.15) is 0 Å². The van der Waals surface area contributed by atoms with Crippen molar-refractivity contribution in [2.45, 2.75) is 6.61 Å². The van der Waals surface area contributed by atoms with Crippen molar-refractivity contribution in [1.82, 2.24) is 0 Å². The molecule has 94 valence electrons. The molecule has 2 rings (SSSR count). The van der Waals surface area contributed by atoms with Crippen LogP contribution in [0.15, 0.2) is 49.8 Å². The van der Waals surface area contributed by atoms with E-state index in [4.69, 9.17) is 10.5 Å². The summed E-state index contributed by atoms with van der Waals surface area (Å²) in [6, 6.07) is 11.7. The third-order valence-corrected chi connectivity index (χ3v) is 3.96. The predicted octanol–water partition coefficient (Wildman–Crippen LogP) is 5.14. The molecular weight excluding hydrogens is 426 g/mol. The summed E-state index contributed by atoms with van der Waals surface area (Å²) in [5, 5.41) is 0. The van der Waals surface area contributed by atoms with Crippen molar-refractivity contribution in [3.8, 4) is 5.75 Å². The van der Waals surface area contributed by atoms with E-state index in [0.717, 1.165) is 24.7 Å². The third kappa shape index (κ3) is 3.49. The Morgan fingerprint density at radius 3 is 2.28 bits per heavy atom. The van der Waals surface area contributed by atoms with Crippen LogP contribution in [0, 0.1) is 0 Å². The highest BCUT2D eigenvalue weighted by molar-refractivity contribution is 9.11. The number of nitrogen functional groups attached to an aromatic ring is 1. The molecule has 0 unspecified atom stereocenters. The van der Waals surface area contributed by atoms with Crippen LogP contribution >= 0.6 is 47.8 Å². The molecule has 0 fully saturated rings. The van der Waals surface area contributed by atoms with E-state index in [1.807, 2.05) is 36.4 Å². The molecule has 0 saturated carbocycles. The molecule has 2 aromatic carbocycles. The van der Waals surface area contributed by atoms with Crippen LogP contribution < -0.4 is 10.5 Å². The van der Waals surface area contributed by atoms with Crippen LogP contribution in [0.4, 0.5) is 5.69 Å². The number of hydrogen-bond acceptors (Lipinski definition) is 2. The van der Waals surface area contributed by atoms with Crippen LogP contribution in [-0.2, 0) is 6.61 Å². The summed E-state index contributed by atoms with van der Waals surface area (Å²) in [7, 11) is 0. The molecule has 0 spiro atoms. The fraction of sp³-hybridized carbons (Fsp3) is 0.0769. The zero-order valence-electron chi connectivity index (χ0n) is 9.29. The maximum Gasteiger partial charge on any atom is 0.148 e. The van der Waals surface area contributed by atoms with Crippen molar-refractivity contribution in [2.24, 2.45) is 0 Å². The highest BCUT2D eigenvalue weighted by atomic mass is 79.9. The first kappa shape index (κ1) is 13.9. The Bertz CT molecular complexity index is 549. The van der Waals surface area contributed by atoms with Gasteiger partial charge < -0.3 is 10.5 Å². The smallest absolute Gasteiger partial charge is 0.148 e. The summed E-state index contributed by atoms with van der Waals surface area (Å²) in [5.74, 6) is 0.754. The molecule has 2 nitrogen and oxygen atoms in total. The van der Waals surface area contributed by atoms with Gasteiger partial charge in [0.25, 0.3) is 0 Å². The number of halogens is 3. The lowest BCUT2D eigenvalue weighted by Gasteiger charge is -2.11. The number of nitrogens with two attached hydrogens (primary N) is 1. The molecule has 0 atom stereocenters. The lowest BCUT2D eigenvalue weighted by molar-refractivity contribution is 0.302. The Labute approximate surface area is 131 Å². The van der Waals surface area contributed by atoms with Crippen LogP contribution in [0.2, 0.25) is 0 Å². The van der Waals surface area contributed by atoms with Crippen LogP contribution in [-0.4, -0.2) is 0 Å². The minimum Gasteiger partial charge on any atom is -0.487 e. The van der Waals surface area contributed by atoms with Gasteiger partial charge in [0, 0.05) is 10.2 Å². The van der Waals surface area contributed by atoms with Crippen molar-refractivity contribution >= 4 is 53.5 Å². The molecule has 0 aliphatic rings. The van der Waals surface area contributed by atoms with Gasteiger partial charge in [-0.15, -0.1) is 0 Å². The van der Waals surface area contributed by atoms with Crippen molar-refractivity contribution in [3.05, 3.63) is 55.4 Å². The van der Waals surface area contributed by atoms with Crippen LogP contribution in [0.3, 0.4) is 0 Å². The normalized spacial score (nSPS) is 10.4. The van der Waals surface area contributed by atoms with Crippen molar-refractivity contribution in [1.29, 1.82) is 0 Å². The first-order chi connectivity index (χ1) is 8.56. The van der Waals surface area contributed by atoms with Gasteiger partial charge >= 0.3 is 0 Å². The maximum absolute atomic E-state index is 5.79. The van der Waals surface area contributed by atoms with Crippen molar-refractivity contribution < 1.29 is 4.74 Å². The van der Waals surface area contributed by atoms with E-state index in [9.17, 15) is 0 Å². The molecule has 0 heterocycles. The summed E-state index contributed by atoms with van der Waals surface area (Å²) in [5.41, 5.74) is 7.51. The van der Waals surface area contributed by atoms with Gasteiger partial charge in [-0.1, -0.05) is 28.1 Å². The van der Waals surface area contributed by atoms with Crippen LogP contribution in [0.5, 0.6) is 5.75 Å². The number of hydrogen-bond donors (Lipinski definition) is 1. The van der Waals surface area contributed by atoms with Gasteiger partial charge in [0.1, 0.15) is 12.4 Å². The van der Waals surface area contributed by atoms with Gasteiger partial charge in [0.15, 0.2) is 0 Å². The van der Waals surface area contributed by atoms with E-state index in [-0.39, 0.29) is 0 Å². The lowest BCUT2D eigenvalue weighted by Crippen LogP contribution is -1.97. The minimum atomic E-state index is 0.501. The van der Waals surface area contributed by atoms with Crippen LogP contribution in [0.1, 0.15) is 5.56 Å². The zero-order chi connectivity index (χ0) is 13.1. The van der Waals surface area contributed by atoms with Gasteiger partial charge in [-0.25, -0.2) is 0 Å². The van der Waals surface area contributed by atoms with E-state index < -0.39 is 0 Å². The number of anilines is 1. The molecule has 18 heavy (non-hydrogen) atoms. The summed E-state index contributed by atoms with van der Waals surface area (Å²) in [4.78, 5) is 0. The molecule has 0 aromatic heterocycles. The zero-order valence-corrected chi connectivity index (χ0v) is 14.0. The van der Waals surface area contributed by atoms with E-state index >= 15 is 0 Å². The molecule has 0 bridgehead atoms. The largest absolute Gasteiger partial charge is 0.487 e. The molecule has 5 heteroatoms. The number of benzene rings is 2. The fourth-order valence-corrected chi connectivity index (χ4v) is 3.40. The van der Waals surface area contributed by atoms with Crippen LogP contribution in [0.25, 0.3) is 0 Å².